The minimum atomic E-state index is 0.641. The zero-order valence-corrected chi connectivity index (χ0v) is 9.07. The molecule has 3 rings (SSSR count). The Balaban J connectivity index is 2.18. The summed E-state index contributed by atoms with van der Waals surface area (Å²) < 4.78 is 0. The van der Waals surface area contributed by atoms with Gasteiger partial charge in [-0.15, -0.1) is 0 Å². The Hall–Kier alpha value is -1.87. The third kappa shape index (κ3) is 1.55. The van der Waals surface area contributed by atoms with Crippen LogP contribution in [0.15, 0.2) is 42.9 Å². The maximum absolute atomic E-state index is 5.91. The standard InChI is InChI=1S/C12H8ClN3/c13-11-3-10(5-14-7-11)8-1-2-9-6-15-16-12(9)4-8/h1-7H,(H,15,16). The van der Waals surface area contributed by atoms with Crippen LogP contribution < -0.4 is 0 Å². The number of hydrogen-bond donors (Lipinski definition) is 1. The van der Waals surface area contributed by atoms with E-state index in [4.69, 9.17) is 11.6 Å². The van der Waals surface area contributed by atoms with Crippen molar-refractivity contribution in [1.82, 2.24) is 15.2 Å². The van der Waals surface area contributed by atoms with Crippen molar-refractivity contribution in [2.45, 2.75) is 0 Å². The predicted molar refractivity (Wildman–Crippen MR) is 64.3 cm³/mol. The van der Waals surface area contributed by atoms with Crippen molar-refractivity contribution in [3.63, 3.8) is 0 Å². The van der Waals surface area contributed by atoms with Crippen LogP contribution in [0.5, 0.6) is 0 Å². The van der Waals surface area contributed by atoms with Gasteiger partial charge in [0.15, 0.2) is 0 Å². The average molecular weight is 230 g/mol. The van der Waals surface area contributed by atoms with Gasteiger partial charge in [0.05, 0.1) is 16.7 Å². The molecule has 0 saturated carbocycles. The van der Waals surface area contributed by atoms with Crippen molar-refractivity contribution in [1.29, 1.82) is 0 Å². The molecular formula is C12H8ClN3. The molecule has 16 heavy (non-hydrogen) atoms. The van der Waals surface area contributed by atoms with E-state index in [1.54, 1.807) is 18.6 Å². The van der Waals surface area contributed by atoms with Gasteiger partial charge in [-0.1, -0.05) is 23.7 Å². The lowest BCUT2D eigenvalue weighted by molar-refractivity contribution is 1.12. The number of hydrogen-bond acceptors (Lipinski definition) is 2. The lowest BCUT2D eigenvalue weighted by atomic mass is 10.1. The van der Waals surface area contributed by atoms with Crippen LogP contribution in [0.25, 0.3) is 22.0 Å². The number of aromatic amines is 1. The van der Waals surface area contributed by atoms with Gasteiger partial charge in [0, 0.05) is 23.3 Å². The van der Waals surface area contributed by atoms with E-state index in [9.17, 15) is 0 Å². The fourth-order valence-electron chi connectivity index (χ4n) is 1.69. The van der Waals surface area contributed by atoms with Gasteiger partial charge in [-0.2, -0.15) is 5.10 Å². The zero-order chi connectivity index (χ0) is 11.0. The number of halogens is 1. The molecule has 2 aromatic heterocycles. The first-order valence-electron chi connectivity index (χ1n) is 4.87. The third-order valence-electron chi connectivity index (χ3n) is 2.48. The lowest BCUT2D eigenvalue weighted by Gasteiger charge is -2.01. The highest BCUT2D eigenvalue weighted by Crippen LogP contribution is 2.24. The predicted octanol–water partition coefficient (Wildman–Crippen LogP) is 3.28. The molecule has 0 aliphatic rings. The second-order valence-corrected chi connectivity index (χ2v) is 4.00. The van der Waals surface area contributed by atoms with Crippen LogP contribution in [0.4, 0.5) is 0 Å². The molecule has 4 heteroatoms. The van der Waals surface area contributed by atoms with Crippen molar-refractivity contribution in [3.8, 4) is 11.1 Å². The topological polar surface area (TPSA) is 41.6 Å². The van der Waals surface area contributed by atoms with Crippen molar-refractivity contribution in [2.75, 3.05) is 0 Å². The first-order valence-corrected chi connectivity index (χ1v) is 5.25. The van der Waals surface area contributed by atoms with E-state index in [1.807, 2.05) is 24.3 Å². The number of benzene rings is 1. The van der Waals surface area contributed by atoms with Crippen LogP contribution in [-0.2, 0) is 0 Å². The van der Waals surface area contributed by atoms with Crippen LogP contribution in [-0.4, -0.2) is 15.2 Å². The van der Waals surface area contributed by atoms with Gasteiger partial charge in [-0.05, 0) is 17.7 Å². The second kappa shape index (κ2) is 3.61. The summed E-state index contributed by atoms with van der Waals surface area (Å²) in [6, 6.07) is 7.99. The van der Waals surface area contributed by atoms with Crippen molar-refractivity contribution in [2.24, 2.45) is 0 Å². The van der Waals surface area contributed by atoms with Crippen LogP contribution in [0.3, 0.4) is 0 Å². The smallest absolute Gasteiger partial charge is 0.0656 e. The molecule has 0 spiro atoms. The molecule has 0 fully saturated rings. The first-order chi connectivity index (χ1) is 7.83. The first kappa shape index (κ1) is 9.36. The SMILES string of the molecule is Clc1cncc(-c2ccc3cn[nH]c3c2)c1. The largest absolute Gasteiger partial charge is 0.278 e. The minimum absolute atomic E-state index is 0.641. The van der Waals surface area contributed by atoms with Crippen LogP contribution in [0.1, 0.15) is 0 Å². The van der Waals surface area contributed by atoms with Gasteiger partial charge in [0.1, 0.15) is 0 Å². The summed E-state index contributed by atoms with van der Waals surface area (Å²) in [5, 5.41) is 8.66. The van der Waals surface area contributed by atoms with Gasteiger partial charge >= 0.3 is 0 Å². The quantitative estimate of drug-likeness (QED) is 0.696. The molecule has 0 aliphatic carbocycles. The van der Waals surface area contributed by atoms with Gasteiger partial charge in [-0.25, -0.2) is 0 Å². The summed E-state index contributed by atoms with van der Waals surface area (Å²) in [4.78, 5) is 4.07. The Kier molecular flexibility index (Phi) is 2.11. The van der Waals surface area contributed by atoms with Crippen molar-refractivity contribution < 1.29 is 0 Å². The highest BCUT2D eigenvalue weighted by atomic mass is 35.5. The summed E-state index contributed by atoms with van der Waals surface area (Å²) in [7, 11) is 0. The molecule has 0 saturated heterocycles. The molecule has 0 radical (unpaired) electrons. The van der Waals surface area contributed by atoms with Crippen LogP contribution in [0.2, 0.25) is 5.02 Å². The number of H-pyrrole nitrogens is 1. The van der Waals surface area contributed by atoms with E-state index in [1.165, 1.54) is 0 Å². The maximum Gasteiger partial charge on any atom is 0.0656 e. The number of fused-ring (bicyclic) bond motifs is 1. The molecule has 0 bridgehead atoms. The van der Waals surface area contributed by atoms with Crippen LogP contribution >= 0.6 is 11.6 Å². The van der Waals surface area contributed by atoms with Gasteiger partial charge in [0.25, 0.3) is 0 Å². The normalized spacial score (nSPS) is 10.8. The maximum atomic E-state index is 5.91. The summed E-state index contributed by atoms with van der Waals surface area (Å²) in [5.74, 6) is 0. The summed E-state index contributed by atoms with van der Waals surface area (Å²) >= 11 is 5.91. The van der Waals surface area contributed by atoms with Gasteiger partial charge in [-0.3, -0.25) is 10.1 Å². The Morgan fingerprint density at radius 2 is 1.94 bits per heavy atom. The summed E-state index contributed by atoms with van der Waals surface area (Å²) in [6.07, 6.45) is 5.22. The molecule has 0 amide bonds. The lowest BCUT2D eigenvalue weighted by Crippen LogP contribution is -1.80. The molecule has 2 heterocycles. The molecule has 3 aromatic rings. The zero-order valence-electron chi connectivity index (χ0n) is 8.31. The molecule has 3 nitrogen and oxygen atoms in total. The Morgan fingerprint density at radius 3 is 2.81 bits per heavy atom. The summed E-state index contributed by atoms with van der Waals surface area (Å²) in [6.45, 7) is 0. The third-order valence-corrected chi connectivity index (χ3v) is 2.69. The van der Waals surface area contributed by atoms with Crippen LogP contribution in [0, 0.1) is 0 Å². The molecule has 78 valence electrons. The fourth-order valence-corrected chi connectivity index (χ4v) is 1.86. The van der Waals surface area contributed by atoms with E-state index >= 15 is 0 Å². The van der Waals surface area contributed by atoms with Crippen molar-refractivity contribution in [3.05, 3.63) is 47.9 Å². The van der Waals surface area contributed by atoms with E-state index in [0.717, 1.165) is 22.0 Å². The Morgan fingerprint density at radius 1 is 1.00 bits per heavy atom. The van der Waals surface area contributed by atoms with Gasteiger partial charge in [0.2, 0.25) is 0 Å². The van der Waals surface area contributed by atoms with E-state index < -0.39 is 0 Å². The highest BCUT2D eigenvalue weighted by Gasteiger charge is 2.01. The molecule has 1 N–H and O–H groups in total. The number of aromatic nitrogens is 3. The molecule has 0 unspecified atom stereocenters. The van der Waals surface area contributed by atoms with Crippen molar-refractivity contribution >= 4 is 22.5 Å². The number of nitrogens with one attached hydrogen (secondary N) is 1. The molecule has 0 aliphatic heterocycles. The Bertz CT molecular complexity index is 645. The Labute approximate surface area is 97.1 Å². The highest BCUT2D eigenvalue weighted by molar-refractivity contribution is 6.30. The monoisotopic (exact) mass is 229 g/mol. The average Bonchev–Trinajstić information content (AvgIpc) is 2.75. The number of nitrogens with zero attached hydrogens (tertiary/aromatic N) is 2. The van der Waals surface area contributed by atoms with E-state index in [2.05, 4.69) is 15.2 Å². The molecule has 0 atom stereocenters. The molecule has 1 aromatic carbocycles. The van der Waals surface area contributed by atoms with E-state index in [0.29, 0.717) is 5.02 Å². The van der Waals surface area contributed by atoms with Gasteiger partial charge < -0.3 is 0 Å². The second-order valence-electron chi connectivity index (χ2n) is 3.56. The summed E-state index contributed by atoms with van der Waals surface area (Å²) in [5.41, 5.74) is 3.09. The number of pyridine rings is 1. The fraction of sp³-hybridized carbons (Fsp3) is 0. The minimum Gasteiger partial charge on any atom is -0.278 e. The van der Waals surface area contributed by atoms with E-state index in [-0.39, 0.29) is 0 Å². The number of rotatable bonds is 1. The molecular weight excluding hydrogens is 222 g/mol.